The van der Waals surface area contributed by atoms with Crippen LogP contribution in [0.15, 0.2) is 36.5 Å². The molecule has 0 amide bonds. The van der Waals surface area contributed by atoms with Gasteiger partial charge in [0.15, 0.2) is 0 Å². The van der Waals surface area contributed by atoms with Crippen LogP contribution in [0.1, 0.15) is 12.0 Å². The van der Waals surface area contributed by atoms with Gasteiger partial charge < -0.3 is 0 Å². The van der Waals surface area contributed by atoms with Crippen molar-refractivity contribution in [2.24, 2.45) is 7.05 Å². The van der Waals surface area contributed by atoms with Gasteiger partial charge in [0.1, 0.15) is 0 Å². The van der Waals surface area contributed by atoms with Gasteiger partial charge in [0.25, 0.3) is 6.43 Å². The quantitative estimate of drug-likeness (QED) is 0.741. The molecule has 2 nitrogen and oxygen atoms in total. The van der Waals surface area contributed by atoms with Gasteiger partial charge in [-0.3, -0.25) is 4.68 Å². The molecule has 0 spiro atoms. The molecule has 2 rings (SSSR count). The first kappa shape index (κ1) is 9.83. The van der Waals surface area contributed by atoms with E-state index in [1.807, 2.05) is 0 Å². The minimum atomic E-state index is -2.44. The van der Waals surface area contributed by atoms with Crippen molar-refractivity contribution in [2.75, 3.05) is 0 Å². The van der Waals surface area contributed by atoms with E-state index >= 15 is 0 Å². The third-order valence-electron chi connectivity index (χ3n) is 2.15. The van der Waals surface area contributed by atoms with Gasteiger partial charge in [-0.25, -0.2) is 8.78 Å². The van der Waals surface area contributed by atoms with Crippen molar-refractivity contribution in [3.8, 4) is 11.3 Å². The predicted octanol–water partition coefficient (Wildman–Crippen LogP) is 3.02. The summed E-state index contributed by atoms with van der Waals surface area (Å²) in [6, 6.07) is 8.06. The molecule has 0 unspecified atom stereocenters. The van der Waals surface area contributed by atoms with Crippen LogP contribution in [0.5, 0.6) is 0 Å². The number of halogens is 2. The summed E-state index contributed by atoms with van der Waals surface area (Å²) in [6.07, 6.45) is -0.654. The summed E-state index contributed by atoms with van der Waals surface area (Å²) in [7, 11) is 1.79. The standard InChI is InChI=1S/C11H10F2N2/c1-15-6-5-10(14-15)8-3-2-4-9(7-8)11(12)13/h2-7,11H,1H3. The van der Waals surface area contributed by atoms with E-state index in [0.717, 1.165) is 0 Å². The van der Waals surface area contributed by atoms with Gasteiger partial charge in [-0.1, -0.05) is 18.2 Å². The highest BCUT2D eigenvalue weighted by atomic mass is 19.3. The fourth-order valence-corrected chi connectivity index (χ4v) is 1.40. The zero-order valence-electron chi connectivity index (χ0n) is 8.19. The average molecular weight is 208 g/mol. The van der Waals surface area contributed by atoms with Gasteiger partial charge in [-0.2, -0.15) is 5.10 Å². The fraction of sp³-hybridized carbons (Fsp3) is 0.182. The molecule has 1 aromatic carbocycles. The molecule has 0 atom stereocenters. The zero-order chi connectivity index (χ0) is 10.8. The molecule has 78 valence electrons. The fourth-order valence-electron chi connectivity index (χ4n) is 1.40. The van der Waals surface area contributed by atoms with Crippen molar-refractivity contribution in [2.45, 2.75) is 6.43 Å². The minimum absolute atomic E-state index is 0.0261. The topological polar surface area (TPSA) is 17.8 Å². The van der Waals surface area contributed by atoms with E-state index in [9.17, 15) is 8.78 Å². The Hall–Kier alpha value is -1.71. The number of alkyl halides is 2. The first-order chi connectivity index (χ1) is 7.16. The summed E-state index contributed by atoms with van der Waals surface area (Å²) in [4.78, 5) is 0. The smallest absolute Gasteiger partial charge is 0.263 e. The van der Waals surface area contributed by atoms with E-state index in [1.54, 1.807) is 36.1 Å². The Morgan fingerprint density at radius 1 is 1.27 bits per heavy atom. The monoisotopic (exact) mass is 208 g/mol. The average Bonchev–Trinajstić information content (AvgIpc) is 2.65. The zero-order valence-corrected chi connectivity index (χ0v) is 8.19. The lowest BCUT2D eigenvalue weighted by Crippen LogP contribution is -1.89. The number of aryl methyl sites for hydroxylation is 1. The van der Waals surface area contributed by atoms with E-state index in [0.29, 0.717) is 11.3 Å². The van der Waals surface area contributed by atoms with Crippen LogP contribution >= 0.6 is 0 Å². The number of hydrogen-bond acceptors (Lipinski definition) is 1. The molecule has 2 aromatic rings. The van der Waals surface area contributed by atoms with Gasteiger partial charge >= 0.3 is 0 Å². The van der Waals surface area contributed by atoms with E-state index in [1.165, 1.54) is 12.1 Å². The first-order valence-corrected chi connectivity index (χ1v) is 4.55. The van der Waals surface area contributed by atoms with Gasteiger partial charge in [0.05, 0.1) is 5.69 Å². The molecule has 0 N–H and O–H groups in total. The first-order valence-electron chi connectivity index (χ1n) is 4.55. The normalized spacial score (nSPS) is 10.9. The van der Waals surface area contributed by atoms with E-state index in [4.69, 9.17) is 0 Å². The number of benzene rings is 1. The molecule has 15 heavy (non-hydrogen) atoms. The molecule has 0 radical (unpaired) electrons. The summed E-state index contributed by atoms with van der Waals surface area (Å²) in [5.74, 6) is 0. The lowest BCUT2D eigenvalue weighted by Gasteiger charge is -2.01. The Labute approximate surface area is 86.2 Å². The maximum atomic E-state index is 12.4. The van der Waals surface area contributed by atoms with Crippen LogP contribution in [0.25, 0.3) is 11.3 Å². The number of nitrogens with zero attached hydrogens (tertiary/aromatic N) is 2. The van der Waals surface area contributed by atoms with E-state index in [-0.39, 0.29) is 5.56 Å². The molecule has 0 saturated heterocycles. The highest BCUT2D eigenvalue weighted by molar-refractivity contribution is 5.59. The van der Waals surface area contributed by atoms with Crippen LogP contribution in [0.4, 0.5) is 8.78 Å². The van der Waals surface area contributed by atoms with Gasteiger partial charge in [0, 0.05) is 24.4 Å². The molecule has 0 aliphatic carbocycles. The van der Waals surface area contributed by atoms with Crippen LogP contribution in [0, 0.1) is 0 Å². The van der Waals surface area contributed by atoms with Crippen molar-refractivity contribution < 1.29 is 8.78 Å². The molecular weight excluding hydrogens is 198 g/mol. The Kier molecular flexibility index (Phi) is 2.49. The van der Waals surface area contributed by atoms with Crippen molar-refractivity contribution in [3.63, 3.8) is 0 Å². The second-order valence-electron chi connectivity index (χ2n) is 3.30. The highest BCUT2D eigenvalue weighted by Crippen LogP contribution is 2.24. The summed E-state index contributed by atoms with van der Waals surface area (Å²) >= 11 is 0. The maximum absolute atomic E-state index is 12.4. The number of rotatable bonds is 2. The summed E-state index contributed by atoms with van der Waals surface area (Å²) in [5.41, 5.74) is 1.45. The molecule has 1 aromatic heterocycles. The number of aromatic nitrogens is 2. The molecule has 0 aliphatic rings. The predicted molar refractivity (Wildman–Crippen MR) is 53.6 cm³/mol. The highest BCUT2D eigenvalue weighted by Gasteiger charge is 2.08. The SMILES string of the molecule is Cn1ccc(-c2cccc(C(F)F)c2)n1. The minimum Gasteiger partial charge on any atom is -0.275 e. The van der Waals surface area contributed by atoms with Crippen molar-refractivity contribution in [1.29, 1.82) is 0 Å². The van der Waals surface area contributed by atoms with Gasteiger partial charge in [-0.15, -0.1) is 0 Å². The number of hydrogen-bond donors (Lipinski definition) is 0. The third kappa shape index (κ3) is 2.03. The molecule has 0 saturated carbocycles. The lowest BCUT2D eigenvalue weighted by molar-refractivity contribution is 0.151. The summed E-state index contributed by atoms with van der Waals surface area (Å²) in [6.45, 7) is 0. The Morgan fingerprint density at radius 3 is 2.67 bits per heavy atom. The third-order valence-corrected chi connectivity index (χ3v) is 2.15. The lowest BCUT2D eigenvalue weighted by atomic mass is 10.1. The largest absolute Gasteiger partial charge is 0.275 e. The van der Waals surface area contributed by atoms with E-state index in [2.05, 4.69) is 5.10 Å². The van der Waals surface area contributed by atoms with Crippen molar-refractivity contribution in [1.82, 2.24) is 9.78 Å². The molecule has 0 fully saturated rings. The molecule has 0 bridgehead atoms. The van der Waals surface area contributed by atoms with E-state index < -0.39 is 6.43 Å². The van der Waals surface area contributed by atoms with Crippen LogP contribution < -0.4 is 0 Å². The Morgan fingerprint density at radius 2 is 2.07 bits per heavy atom. The van der Waals surface area contributed by atoms with Gasteiger partial charge in [0.2, 0.25) is 0 Å². The maximum Gasteiger partial charge on any atom is 0.263 e. The molecule has 4 heteroatoms. The Balaban J connectivity index is 2.41. The molecular formula is C11H10F2N2. The van der Waals surface area contributed by atoms with Crippen LogP contribution in [-0.4, -0.2) is 9.78 Å². The van der Waals surface area contributed by atoms with Crippen LogP contribution in [0.3, 0.4) is 0 Å². The summed E-state index contributed by atoms with van der Waals surface area (Å²) in [5, 5.41) is 4.15. The van der Waals surface area contributed by atoms with Crippen molar-refractivity contribution in [3.05, 3.63) is 42.1 Å². The second-order valence-corrected chi connectivity index (χ2v) is 3.30. The van der Waals surface area contributed by atoms with Crippen LogP contribution in [-0.2, 0) is 7.05 Å². The summed E-state index contributed by atoms with van der Waals surface area (Å²) < 4.78 is 26.5. The van der Waals surface area contributed by atoms with Gasteiger partial charge in [-0.05, 0) is 12.1 Å². The second kappa shape index (κ2) is 3.81. The molecule has 1 heterocycles. The molecule has 0 aliphatic heterocycles. The Bertz CT molecular complexity index is 463. The van der Waals surface area contributed by atoms with Crippen molar-refractivity contribution >= 4 is 0 Å². The van der Waals surface area contributed by atoms with Crippen LogP contribution in [0.2, 0.25) is 0 Å².